The van der Waals surface area contributed by atoms with Crippen molar-refractivity contribution in [1.29, 1.82) is 0 Å². The Morgan fingerprint density at radius 2 is 1.25 bits per heavy atom. The van der Waals surface area contributed by atoms with Crippen LogP contribution in [-0.2, 0) is 0 Å². The van der Waals surface area contributed by atoms with Gasteiger partial charge in [-0.2, -0.15) is 0 Å². The predicted octanol–water partition coefficient (Wildman–Crippen LogP) is 11.5. The van der Waals surface area contributed by atoms with Crippen molar-refractivity contribution < 1.29 is 18.6 Å². The molecule has 0 spiro atoms. The molecule has 1 aromatic heterocycles. The number of rotatable bonds is 22. The van der Waals surface area contributed by atoms with Crippen LogP contribution in [-0.4, -0.2) is 19.8 Å². The van der Waals surface area contributed by atoms with E-state index in [-0.39, 0.29) is 12.4 Å². The largest absolute Gasteiger partial charge is 0.489 e. The summed E-state index contributed by atoms with van der Waals surface area (Å²) in [5.41, 5.74) is 5.06. The second-order valence-corrected chi connectivity index (χ2v) is 12.4. The highest BCUT2D eigenvalue weighted by Gasteiger charge is 2.18. The summed E-state index contributed by atoms with van der Waals surface area (Å²) in [5, 5.41) is 0.712. The molecule has 0 radical (unpaired) electrons. The van der Waals surface area contributed by atoms with Gasteiger partial charge >= 0.3 is 5.63 Å². The molecule has 1 aromatic carbocycles. The van der Waals surface area contributed by atoms with Gasteiger partial charge < -0.3 is 18.6 Å². The lowest BCUT2D eigenvalue weighted by Crippen LogP contribution is -2.11. The third-order valence-electron chi connectivity index (χ3n) is 7.56. The van der Waals surface area contributed by atoms with Gasteiger partial charge in [-0.3, -0.25) is 0 Å². The van der Waals surface area contributed by atoms with Crippen LogP contribution in [0.25, 0.3) is 11.0 Å². The van der Waals surface area contributed by atoms with Crippen molar-refractivity contribution in [2.24, 2.45) is 0 Å². The zero-order valence-corrected chi connectivity index (χ0v) is 28.7. The van der Waals surface area contributed by atoms with Crippen LogP contribution in [0.15, 0.2) is 74.0 Å². The van der Waals surface area contributed by atoms with Crippen LogP contribution in [0.1, 0.15) is 126 Å². The van der Waals surface area contributed by atoms with E-state index in [1.807, 2.05) is 18.2 Å². The van der Waals surface area contributed by atoms with E-state index in [0.717, 1.165) is 38.5 Å². The van der Waals surface area contributed by atoms with Crippen LogP contribution in [0.2, 0.25) is 0 Å². The molecule has 2 aromatic rings. The second kappa shape index (κ2) is 21.5. The molecule has 0 aliphatic carbocycles. The topological polar surface area (TPSA) is 57.9 Å². The van der Waals surface area contributed by atoms with E-state index < -0.39 is 5.63 Å². The lowest BCUT2D eigenvalue weighted by Gasteiger charge is -2.14. The van der Waals surface area contributed by atoms with Crippen LogP contribution in [0, 0.1) is 0 Å². The number of fused-ring (bicyclic) bond motifs is 1. The molecule has 2 rings (SSSR count). The molecule has 0 aliphatic rings. The predicted molar refractivity (Wildman–Crippen MR) is 186 cm³/mol. The maximum absolute atomic E-state index is 13.1. The molecule has 244 valence electrons. The molecule has 0 bridgehead atoms. The minimum atomic E-state index is -0.536. The van der Waals surface area contributed by atoms with Crippen molar-refractivity contribution in [3.05, 3.63) is 75.2 Å². The van der Waals surface area contributed by atoms with E-state index >= 15 is 0 Å². The van der Waals surface area contributed by atoms with Gasteiger partial charge in [-0.1, -0.05) is 86.3 Å². The molecule has 0 fully saturated rings. The van der Waals surface area contributed by atoms with Crippen molar-refractivity contribution in [2.45, 2.75) is 126 Å². The van der Waals surface area contributed by atoms with Crippen LogP contribution in [0.4, 0.5) is 0 Å². The van der Waals surface area contributed by atoms with Crippen LogP contribution in [0.3, 0.4) is 0 Å². The maximum atomic E-state index is 13.1. The Morgan fingerprint density at radius 1 is 0.682 bits per heavy atom. The smallest absolute Gasteiger partial charge is 0.383 e. The van der Waals surface area contributed by atoms with Gasteiger partial charge in [0.1, 0.15) is 24.5 Å². The maximum Gasteiger partial charge on any atom is 0.383 e. The fourth-order valence-corrected chi connectivity index (χ4v) is 4.83. The number of hydrogen-bond acceptors (Lipinski definition) is 5. The van der Waals surface area contributed by atoms with Crippen molar-refractivity contribution >= 4 is 11.0 Å². The van der Waals surface area contributed by atoms with Gasteiger partial charge in [-0.15, -0.1) is 0 Å². The van der Waals surface area contributed by atoms with E-state index in [9.17, 15) is 4.79 Å². The van der Waals surface area contributed by atoms with Crippen molar-refractivity contribution in [3.8, 4) is 17.2 Å². The van der Waals surface area contributed by atoms with Gasteiger partial charge in [-0.05, 0) is 97.9 Å². The van der Waals surface area contributed by atoms with E-state index in [0.29, 0.717) is 35.7 Å². The first-order chi connectivity index (χ1) is 21.2. The normalized spacial score (nSPS) is 11.9. The van der Waals surface area contributed by atoms with Gasteiger partial charge in [0.25, 0.3) is 0 Å². The first-order valence-corrected chi connectivity index (χ1v) is 16.8. The first-order valence-electron chi connectivity index (χ1n) is 16.8. The summed E-state index contributed by atoms with van der Waals surface area (Å²) in [7, 11) is 0. The highest BCUT2D eigenvalue weighted by molar-refractivity contribution is 5.86. The van der Waals surface area contributed by atoms with Crippen LogP contribution in [0.5, 0.6) is 17.2 Å². The molecular weight excluding hydrogens is 548 g/mol. The standard InChI is InChI=1S/C39H58O5/c1-8-9-10-11-12-13-14-15-26-42-37-35-23-22-34(41-27-24-32(6)20-16-18-30(2)3)29-36(35)44-39(40)38(37)43-28-25-33(7)21-17-19-31(4)5/h18-19,22-25,29H,8-17,20-21,26-28H2,1-7H3/b32-24+,33-25+. The summed E-state index contributed by atoms with van der Waals surface area (Å²) in [6.45, 7) is 16.2. The summed E-state index contributed by atoms with van der Waals surface area (Å²) in [5.74, 6) is 1.23. The van der Waals surface area contributed by atoms with Crippen molar-refractivity contribution in [1.82, 2.24) is 0 Å². The molecule has 0 atom stereocenters. The minimum absolute atomic E-state index is 0.133. The van der Waals surface area contributed by atoms with Crippen molar-refractivity contribution in [2.75, 3.05) is 19.8 Å². The molecule has 1 heterocycles. The van der Waals surface area contributed by atoms with Gasteiger partial charge in [0.2, 0.25) is 5.75 Å². The fraction of sp³-hybridized carbons (Fsp3) is 0.564. The van der Waals surface area contributed by atoms with E-state index in [4.69, 9.17) is 18.6 Å². The number of allylic oxidation sites excluding steroid dienone is 6. The SMILES string of the molecule is CCCCCCCCCCOc1c(OC/C=C(\C)CCC=C(C)C)c(=O)oc2cc(OC/C=C(\C)CCC=C(C)C)ccc12. The molecule has 44 heavy (non-hydrogen) atoms. The molecule has 5 nitrogen and oxygen atoms in total. The zero-order valence-electron chi connectivity index (χ0n) is 28.7. The quantitative estimate of drug-likeness (QED) is 0.0758. The zero-order chi connectivity index (χ0) is 32.2. The summed E-state index contributed by atoms with van der Waals surface area (Å²) in [6.07, 6.45) is 22.3. The van der Waals surface area contributed by atoms with Gasteiger partial charge in [0.15, 0.2) is 5.75 Å². The fourth-order valence-electron chi connectivity index (χ4n) is 4.83. The van der Waals surface area contributed by atoms with Gasteiger partial charge in [0.05, 0.1) is 12.0 Å². The van der Waals surface area contributed by atoms with Gasteiger partial charge in [0, 0.05) is 6.07 Å². The Kier molecular flexibility index (Phi) is 18.1. The van der Waals surface area contributed by atoms with E-state index in [2.05, 4.69) is 66.7 Å². The summed E-state index contributed by atoms with van der Waals surface area (Å²) < 4.78 is 24.0. The Morgan fingerprint density at radius 3 is 1.84 bits per heavy atom. The van der Waals surface area contributed by atoms with Crippen LogP contribution >= 0.6 is 0 Å². The summed E-state index contributed by atoms with van der Waals surface area (Å²) >= 11 is 0. The molecule has 0 unspecified atom stereocenters. The molecule has 0 saturated heterocycles. The Labute approximate surface area is 267 Å². The highest BCUT2D eigenvalue weighted by Crippen LogP contribution is 2.35. The highest BCUT2D eigenvalue weighted by atomic mass is 16.5. The van der Waals surface area contributed by atoms with Crippen molar-refractivity contribution in [3.63, 3.8) is 0 Å². The molecule has 0 N–H and O–H groups in total. The number of ether oxygens (including phenoxy) is 3. The third-order valence-corrected chi connectivity index (χ3v) is 7.56. The Hall–Kier alpha value is -3.21. The van der Waals surface area contributed by atoms with E-state index in [1.54, 1.807) is 6.07 Å². The molecule has 0 amide bonds. The Bertz CT molecular complexity index is 1300. The molecule has 0 aliphatic heterocycles. The molecule has 5 heteroatoms. The van der Waals surface area contributed by atoms with Gasteiger partial charge in [-0.25, -0.2) is 4.79 Å². The average Bonchev–Trinajstić information content (AvgIpc) is 2.96. The number of hydrogen-bond donors (Lipinski definition) is 0. The lowest BCUT2D eigenvalue weighted by atomic mass is 10.1. The number of unbranched alkanes of at least 4 members (excludes halogenated alkanes) is 7. The van der Waals surface area contributed by atoms with E-state index in [1.165, 1.54) is 60.8 Å². The first kappa shape index (κ1) is 37.0. The molecular formula is C39H58O5. The Balaban J connectivity index is 2.14. The summed E-state index contributed by atoms with van der Waals surface area (Å²) in [6, 6.07) is 5.56. The monoisotopic (exact) mass is 606 g/mol. The average molecular weight is 607 g/mol. The molecule has 0 saturated carbocycles. The third kappa shape index (κ3) is 15.0. The number of benzene rings is 1. The lowest BCUT2D eigenvalue weighted by molar-refractivity contribution is 0.269. The second-order valence-electron chi connectivity index (χ2n) is 12.4. The van der Waals surface area contributed by atoms with Crippen LogP contribution < -0.4 is 19.8 Å². The minimum Gasteiger partial charge on any atom is -0.489 e. The summed E-state index contributed by atoms with van der Waals surface area (Å²) in [4.78, 5) is 13.1.